The minimum atomic E-state index is -0.682. The van der Waals surface area contributed by atoms with Crippen molar-refractivity contribution in [1.29, 1.82) is 0 Å². The molecule has 4 aromatic heterocycles. The van der Waals surface area contributed by atoms with Crippen molar-refractivity contribution in [3.05, 3.63) is 23.3 Å². The van der Waals surface area contributed by atoms with Gasteiger partial charge in [-0.05, 0) is 37.7 Å². The molecule has 0 amide bonds. The van der Waals surface area contributed by atoms with Crippen LogP contribution >= 0.6 is 0 Å². The Balaban J connectivity index is 1.78. The first-order valence-corrected chi connectivity index (χ1v) is 10.7. The molecule has 0 fully saturated rings. The van der Waals surface area contributed by atoms with E-state index in [0.29, 0.717) is 11.6 Å². The molecule has 2 unspecified atom stereocenters. The first-order valence-electron chi connectivity index (χ1n) is 10.7. The van der Waals surface area contributed by atoms with Crippen LogP contribution in [0.3, 0.4) is 0 Å². The Kier molecular flexibility index (Phi) is 7.97. The Morgan fingerprint density at radius 1 is 0.543 bits per heavy atom. The molecule has 4 aromatic rings. The van der Waals surface area contributed by atoms with Crippen molar-refractivity contribution in [2.45, 2.75) is 44.4 Å². The number of aromatic nitrogens is 16. The molecule has 35 heavy (non-hydrogen) atoms. The zero-order chi connectivity index (χ0) is 24.6. The van der Waals surface area contributed by atoms with Crippen molar-refractivity contribution >= 4 is 0 Å². The molecular weight excluding hydrogens is 468 g/mol. The van der Waals surface area contributed by atoms with Gasteiger partial charge in [-0.3, -0.25) is 0 Å². The van der Waals surface area contributed by atoms with Gasteiger partial charge in [0.1, 0.15) is 0 Å². The van der Waals surface area contributed by atoms with E-state index in [2.05, 4.69) is 61.9 Å². The lowest BCUT2D eigenvalue weighted by Gasteiger charge is -2.18. The second-order valence-corrected chi connectivity index (χ2v) is 7.24. The summed E-state index contributed by atoms with van der Waals surface area (Å²) in [5.41, 5.74) is 0. The van der Waals surface area contributed by atoms with E-state index < -0.39 is 11.8 Å². The van der Waals surface area contributed by atoms with E-state index in [1.807, 2.05) is 0 Å². The average molecular weight is 492 g/mol. The molecule has 0 saturated heterocycles. The summed E-state index contributed by atoms with van der Waals surface area (Å²) in [6.07, 6.45) is 0.160. The van der Waals surface area contributed by atoms with Crippen LogP contribution in [0.1, 0.15) is 41.6 Å². The van der Waals surface area contributed by atoms with Crippen LogP contribution in [0.4, 0.5) is 0 Å². The summed E-state index contributed by atoms with van der Waals surface area (Å²) < 4.78 is 2.84. The third-order valence-corrected chi connectivity index (χ3v) is 5.00. The lowest BCUT2D eigenvalue weighted by Crippen LogP contribution is -2.21. The molecule has 20 heteroatoms. The molecule has 0 aliphatic rings. The van der Waals surface area contributed by atoms with Gasteiger partial charge in [-0.15, -0.1) is 30.6 Å². The largest absolute Gasteiger partial charge is 0.394 e. The standard InChI is InChI=1S/C15H24N16O4/c32-5-1-28-14(18-22-26-28)10(12-16-24-30(20-12)3-7-34)9-11(13-17-25-31(21-13)4-8-35)15-19-23-27-29(15)2-6-33/h10-11,32-35H,1-9H2. The Bertz CT molecular complexity index is 1090. The van der Waals surface area contributed by atoms with Gasteiger partial charge in [0, 0.05) is 0 Å². The highest BCUT2D eigenvalue weighted by Crippen LogP contribution is 2.34. The van der Waals surface area contributed by atoms with Crippen LogP contribution in [-0.2, 0) is 26.2 Å². The highest BCUT2D eigenvalue weighted by Gasteiger charge is 2.35. The van der Waals surface area contributed by atoms with Gasteiger partial charge in [0.2, 0.25) is 0 Å². The summed E-state index contributed by atoms with van der Waals surface area (Å²) >= 11 is 0. The number of tetrazole rings is 4. The maximum Gasteiger partial charge on any atom is 0.185 e. The summed E-state index contributed by atoms with van der Waals surface area (Å²) in [4.78, 5) is 2.48. The molecule has 4 heterocycles. The lowest BCUT2D eigenvalue weighted by molar-refractivity contribution is 0.258. The minimum Gasteiger partial charge on any atom is -0.394 e. The molecule has 188 valence electrons. The Labute approximate surface area is 196 Å². The Morgan fingerprint density at radius 3 is 1.37 bits per heavy atom. The van der Waals surface area contributed by atoms with Crippen molar-refractivity contribution in [3.8, 4) is 0 Å². The predicted octanol–water partition coefficient (Wildman–Crippen LogP) is -5.04. The zero-order valence-electron chi connectivity index (χ0n) is 18.5. The van der Waals surface area contributed by atoms with Crippen LogP contribution in [0.5, 0.6) is 0 Å². The third-order valence-electron chi connectivity index (χ3n) is 5.00. The number of aliphatic hydroxyl groups excluding tert-OH is 4. The van der Waals surface area contributed by atoms with Gasteiger partial charge >= 0.3 is 0 Å². The molecule has 4 N–H and O–H groups in total. The summed E-state index contributed by atoms with van der Waals surface area (Å²) in [6.45, 7) is -0.247. The van der Waals surface area contributed by atoms with Crippen LogP contribution in [0.15, 0.2) is 0 Å². The van der Waals surface area contributed by atoms with Gasteiger partial charge in [0.05, 0.1) is 64.4 Å². The van der Waals surface area contributed by atoms with Gasteiger partial charge in [-0.25, -0.2) is 9.36 Å². The first kappa shape index (κ1) is 24.3. The van der Waals surface area contributed by atoms with E-state index >= 15 is 0 Å². The fourth-order valence-electron chi connectivity index (χ4n) is 3.48. The molecule has 2 atom stereocenters. The molecule has 0 spiro atoms. The van der Waals surface area contributed by atoms with Crippen LogP contribution in [-0.4, -0.2) is 128 Å². The summed E-state index contributed by atoms with van der Waals surface area (Å²) in [7, 11) is 0. The quantitative estimate of drug-likeness (QED) is 0.128. The SMILES string of the molecule is OCCn1nnc(C(CC(c2nnn(CCO)n2)c2nnnn2CCO)c2nnnn2CCO)n1. The Hall–Kier alpha value is -3.88. The van der Waals surface area contributed by atoms with Crippen molar-refractivity contribution in [3.63, 3.8) is 0 Å². The number of hydrogen-bond donors (Lipinski definition) is 4. The lowest BCUT2D eigenvalue weighted by atomic mass is 9.91. The van der Waals surface area contributed by atoms with Gasteiger partial charge in [-0.1, -0.05) is 0 Å². The normalized spacial score (nSPS) is 13.4. The second-order valence-electron chi connectivity index (χ2n) is 7.24. The summed E-state index contributed by atoms with van der Waals surface area (Å²) in [5.74, 6) is -0.174. The van der Waals surface area contributed by atoms with E-state index in [1.54, 1.807) is 0 Å². The average Bonchev–Trinajstić information content (AvgIpc) is 3.65. The monoisotopic (exact) mass is 492 g/mol. The molecule has 0 aliphatic carbocycles. The molecular formula is C15H24N16O4. The van der Waals surface area contributed by atoms with Gasteiger partial charge in [0.25, 0.3) is 0 Å². The van der Waals surface area contributed by atoms with Crippen LogP contribution in [0.2, 0.25) is 0 Å². The highest BCUT2D eigenvalue weighted by atomic mass is 16.3. The van der Waals surface area contributed by atoms with E-state index in [9.17, 15) is 20.4 Å². The van der Waals surface area contributed by atoms with Gasteiger partial charge < -0.3 is 20.4 Å². The Morgan fingerprint density at radius 2 is 0.971 bits per heavy atom. The first-order chi connectivity index (χ1) is 17.2. The van der Waals surface area contributed by atoms with Crippen LogP contribution in [0.25, 0.3) is 0 Å². The van der Waals surface area contributed by atoms with Crippen molar-refractivity contribution in [1.82, 2.24) is 80.8 Å². The fourth-order valence-corrected chi connectivity index (χ4v) is 3.48. The van der Waals surface area contributed by atoms with Crippen LogP contribution < -0.4 is 0 Å². The van der Waals surface area contributed by atoms with Crippen molar-refractivity contribution < 1.29 is 20.4 Å². The maximum absolute atomic E-state index is 9.45. The zero-order valence-corrected chi connectivity index (χ0v) is 18.5. The number of aliphatic hydroxyl groups is 4. The van der Waals surface area contributed by atoms with Crippen molar-refractivity contribution in [2.75, 3.05) is 26.4 Å². The fraction of sp³-hybridized carbons (Fsp3) is 0.733. The molecule has 0 bridgehead atoms. The highest BCUT2D eigenvalue weighted by molar-refractivity contribution is 5.16. The molecule has 20 nitrogen and oxygen atoms in total. The predicted molar refractivity (Wildman–Crippen MR) is 108 cm³/mol. The molecule has 0 aromatic carbocycles. The molecule has 4 rings (SSSR count). The number of rotatable bonds is 14. The number of hydrogen-bond acceptors (Lipinski definition) is 16. The van der Waals surface area contributed by atoms with E-state index in [4.69, 9.17) is 0 Å². The minimum absolute atomic E-state index is 0.126. The van der Waals surface area contributed by atoms with E-state index in [1.165, 1.54) is 19.0 Å². The van der Waals surface area contributed by atoms with E-state index in [-0.39, 0.29) is 70.7 Å². The molecule has 0 aliphatic heterocycles. The molecule has 0 saturated carbocycles. The molecule has 0 radical (unpaired) electrons. The summed E-state index contributed by atoms with van der Waals surface area (Å²) in [6, 6.07) is 0. The topological polar surface area (TPSA) is 255 Å². The van der Waals surface area contributed by atoms with Gasteiger partial charge in [-0.2, -0.15) is 9.59 Å². The second kappa shape index (κ2) is 11.5. The number of nitrogens with zero attached hydrogens (tertiary/aromatic N) is 16. The van der Waals surface area contributed by atoms with E-state index in [0.717, 1.165) is 0 Å². The summed E-state index contributed by atoms with van der Waals surface area (Å²) in [5, 5.41) is 85.8. The maximum atomic E-state index is 9.45. The van der Waals surface area contributed by atoms with Crippen molar-refractivity contribution in [2.24, 2.45) is 0 Å². The van der Waals surface area contributed by atoms with Crippen LogP contribution in [0, 0.1) is 0 Å². The smallest absolute Gasteiger partial charge is 0.185 e. The van der Waals surface area contributed by atoms with Gasteiger partial charge in [0.15, 0.2) is 23.3 Å². The third kappa shape index (κ3) is 5.45.